The van der Waals surface area contributed by atoms with Crippen molar-refractivity contribution in [2.24, 2.45) is 17.8 Å². The topological polar surface area (TPSA) is 237 Å². The number of carbonyl (C=O) groups is 10. The third-order valence-corrected chi connectivity index (χ3v) is 14.5. The van der Waals surface area contributed by atoms with Gasteiger partial charge in [-0.3, -0.25) is 33.6 Å². The van der Waals surface area contributed by atoms with Crippen LogP contribution in [0.5, 0.6) is 0 Å². The van der Waals surface area contributed by atoms with Gasteiger partial charge in [-0.1, -0.05) is 173 Å². The number of aliphatic carboxylic acids is 1. The first-order chi connectivity index (χ1) is 36.7. The molecule has 2 fully saturated rings. The van der Waals surface area contributed by atoms with Gasteiger partial charge in [-0.2, -0.15) is 27.0 Å². The number of benzene rings is 4. The van der Waals surface area contributed by atoms with Crippen molar-refractivity contribution in [2.45, 2.75) is 77.9 Å². The molecular weight excluding hydrogens is 1250 g/mol. The highest BCUT2D eigenvalue weighted by Crippen LogP contribution is 2.27. The summed E-state index contributed by atoms with van der Waals surface area (Å²) in [5.41, 5.74) is 6.19. The number of nitrogens with one attached hydrogen (secondary N) is 1. The number of rotatable bonds is 20. The van der Waals surface area contributed by atoms with Gasteiger partial charge in [-0.15, -0.1) is 0 Å². The highest BCUT2D eigenvalue weighted by molar-refractivity contribution is 9.09. The Morgan fingerprint density at radius 1 is 0.544 bits per heavy atom. The molecule has 2 N–H and O–H groups in total. The molecule has 0 unspecified atom stereocenters. The van der Waals surface area contributed by atoms with Gasteiger partial charge >= 0.3 is 24.0 Å². The van der Waals surface area contributed by atoms with Gasteiger partial charge < -0.3 is 34.4 Å². The van der Waals surface area contributed by atoms with Gasteiger partial charge in [-0.05, 0) is 59.8 Å². The molecule has 0 radical (unpaired) electrons. The Kier molecular flexibility index (Phi) is 30.3. The molecule has 0 bridgehead atoms. The summed E-state index contributed by atoms with van der Waals surface area (Å²) < 4.78 is 14.5. The maximum absolute atomic E-state index is 13.1. The number of carbonyl (C=O) groups excluding carboxylic acids is 9. The number of esters is 2. The molecule has 4 aromatic rings. The third kappa shape index (κ3) is 20.1. The lowest BCUT2D eigenvalue weighted by molar-refractivity contribution is -0.153. The molecule has 4 atom stereocenters. The molecule has 0 aliphatic carbocycles. The SMILES string of the molecule is COC(=O)C[C@H](C(=O)N1CCC[C@H]1C(=O)O)C(C)C.COC(=O)N[C@H](C(=O)N1CCC[C@H]1C(=O)OCC(=O)c1ccc(-c2ccc(C(=O)CBr)cc2)cc1)C(C)C.O=C(CBr)c1ccc(-c2ccc(C(=O)CBr)cc2)cc1.S.S. The summed E-state index contributed by atoms with van der Waals surface area (Å²) in [4.78, 5) is 123. The molecule has 2 saturated heterocycles. The highest BCUT2D eigenvalue weighted by Gasteiger charge is 2.41. The quantitative estimate of drug-likeness (QED) is 0.0363. The van der Waals surface area contributed by atoms with Crippen LogP contribution in [-0.2, 0) is 38.2 Å². The number of Topliss-reactive ketones (excluding diaryl/α,β-unsaturated/α-hetero) is 4. The normalized spacial score (nSPS) is 15.0. The Balaban J connectivity index is 0.000000440. The van der Waals surface area contributed by atoms with E-state index < -0.39 is 60.6 Å². The van der Waals surface area contributed by atoms with Crippen molar-refractivity contribution in [3.05, 3.63) is 119 Å². The number of hydrogen-bond donors (Lipinski definition) is 2. The van der Waals surface area contributed by atoms with E-state index in [1.54, 1.807) is 50.2 Å². The fraction of sp³-hybridized carbons (Fsp3) is 0.404. The predicted octanol–water partition coefficient (Wildman–Crippen LogP) is 9.66. The number of carboxylic acids is 1. The molecule has 2 aliphatic heterocycles. The Hall–Kier alpha value is -5.68. The molecule has 0 aromatic heterocycles. The van der Waals surface area contributed by atoms with Gasteiger partial charge in [0.2, 0.25) is 11.8 Å². The monoisotopic (exact) mass is 1320 g/mol. The lowest BCUT2D eigenvalue weighted by Crippen LogP contribution is -2.54. The van der Waals surface area contributed by atoms with E-state index in [0.717, 1.165) is 22.3 Å². The first-order valence-corrected chi connectivity index (χ1v) is 28.2. The third-order valence-electron chi connectivity index (χ3n) is 13.0. The average Bonchev–Trinajstić information content (AvgIpc) is 4.18. The van der Waals surface area contributed by atoms with E-state index in [-0.39, 0.29) is 79.6 Å². The zero-order valence-electron chi connectivity index (χ0n) is 44.8. The number of halogens is 3. The number of nitrogens with zero attached hydrogens (tertiary/aromatic N) is 2. The van der Waals surface area contributed by atoms with Crippen molar-refractivity contribution in [3.8, 4) is 22.3 Å². The lowest BCUT2D eigenvalue weighted by Gasteiger charge is -2.29. The molecule has 0 spiro atoms. The van der Waals surface area contributed by atoms with Crippen molar-refractivity contribution < 1.29 is 67.3 Å². The Labute approximate surface area is 499 Å². The first-order valence-electron chi connectivity index (χ1n) is 24.8. The van der Waals surface area contributed by atoms with Gasteiger partial charge in [0, 0.05) is 35.3 Å². The van der Waals surface area contributed by atoms with Crippen molar-refractivity contribution in [1.82, 2.24) is 15.1 Å². The molecule has 22 heteroatoms. The zero-order valence-corrected chi connectivity index (χ0v) is 51.5. The summed E-state index contributed by atoms with van der Waals surface area (Å²) in [5, 5.41) is 12.5. The van der Waals surface area contributed by atoms with E-state index in [2.05, 4.69) is 62.6 Å². The number of alkyl carbamates (subject to hydrolysis) is 1. The minimum absolute atomic E-state index is 0. The van der Waals surface area contributed by atoms with E-state index >= 15 is 0 Å². The molecular formula is C57H68Br3N3O14S2. The molecule has 6 rings (SSSR count). The summed E-state index contributed by atoms with van der Waals surface area (Å²) in [6.07, 6.45) is 1.45. The fourth-order valence-electron chi connectivity index (χ4n) is 8.47. The summed E-state index contributed by atoms with van der Waals surface area (Å²) in [5.74, 6) is -3.76. The van der Waals surface area contributed by atoms with Crippen LogP contribution in [0.25, 0.3) is 22.3 Å². The number of ether oxygens (including phenoxy) is 3. The van der Waals surface area contributed by atoms with Gasteiger partial charge in [0.25, 0.3) is 0 Å². The van der Waals surface area contributed by atoms with Gasteiger partial charge in [0.15, 0.2) is 29.7 Å². The maximum Gasteiger partial charge on any atom is 0.407 e. The first kappa shape index (κ1) is 69.4. The summed E-state index contributed by atoms with van der Waals surface area (Å²) >= 11 is 9.47. The van der Waals surface area contributed by atoms with Crippen LogP contribution in [0, 0.1) is 17.8 Å². The van der Waals surface area contributed by atoms with Crippen molar-refractivity contribution in [3.63, 3.8) is 0 Å². The van der Waals surface area contributed by atoms with Crippen molar-refractivity contribution in [2.75, 3.05) is 49.9 Å². The van der Waals surface area contributed by atoms with Gasteiger partial charge in [0.05, 0.1) is 42.5 Å². The molecule has 428 valence electrons. The van der Waals surface area contributed by atoms with Crippen LogP contribution in [-0.4, -0.2) is 142 Å². The second-order valence-corrected chi connectivity index (χ2v) is 20.4. The molecule has 2 heterocycles. The van der Waals surface area contributed by atoms with Crippen molar-refractivity contribution in [1.29, 1.82) is 0 Å². The van der Waals surface area contributed by atoms with Gasteiger partial charge in [-0.25, -0.2) is 14.4 Å². The molecule has 0 saturated carbocycles. The van der Waals surface area contributed by atoms with E-state index in [1.807, 2.05) is 74.5 Å². The van der Waals surface area contributed by atoms with Crippen LogP contribution in [0.4, 0.5) is 4.79 Å². The standard InChI is InChI=1S/C28H31BrN2O7.C16H12Br2O2.C13H21NO5.2H2S/c1-17(2)25(30-28(36)37-3)26(34)31-14-4-5-22(31)27(35)38-16-24(33)21-12-8-19(9-13-21)18-6-10-20(11-7-18)23(32)15-29;17-9-15(19)13-5-1-11(2-6-13)12-3-7-14(8-4-12)16(20)10-18;1-8(2)9(7-11(15)19-3)12(16)14-6-4-5-10(14)13(17)18;;/h6-13,17,22,25H,4-5,14-16H2,1-3H3,(H,30,36);1-8H,9-10H2;8-10H,4-7H2,1-3H3,(H,17,18);2*1H2/t22-,25-;;9-,10-;;/m0.0../s1. The van der Waals surface area contributed by atoms with Crippen LogP contribution in [0.2, 0.25) is 0 Å². The van der Waals surface area contributed by atoms with Crippen LogP contribution >= 0.6 is 74.8 Å². The lowest BCUT2D eigenvalue weighted by atomic mass is 9.91. The number of ketones is 4. The second kappa shape index (κ2) is 34.5. The van der Waals surface area contributed by atoms with Crippen LogP contribution in [0.1, 0.15) is 101 Å². The molecule has 79 heavy (non-hydrogen) atoms. The Morgan fingerprint density at radius 2 is 0.911 bits per heavy atom. The predicted molar refractivity (Wildman–Crippen MR) is 320 cm³/mol. The van der Waals surface area contributed by atoms with E-state index in [4.69, 9.17) is 9.84 Å². The molecule has 4 aromatic carbocycles. The molecule has 17 nitrogen and oxygen atoms in total. The number of amides is 3. The summed E-state index contributed by atoms with van der Waals surface area (Å²) in [7, 11) is 2.49. The number of alkyl halides is 3. The Morgan fingerprint density at radius 3 is 1.24 bits per heavy atom. The van der Waals surface area contributed by atoms with E-state index in [1.165, 1.54) is 24.0 Å². The maximum atomic E-state index is 13.1. The van der Waals surface area contributed by atoms with E-state index in [9.17, 15) is 47.9 Å². The second-order valence-electron chi connectivity index (χ2n) is 18.7. The minimum Gasteiger partial charge on any atom is -0.480 e. The van der Waals surface area contributed by atoms with Crippen LogP contribution in [0.15, 0.2) is 97.1 Å². The Bertz CT molecular complexity index is 2670. The minimum atomic E-state index is -0.980. The average molecular weight is 1320 g/mol. The summed E-state index contributed by atoms with van der Waals surface area (Å²) in [6, 6.07) is 26.6. The zero-order chi connectivity index (χ0) is 56.9. The summed E-state index contributed by atoms with van der Waals surface area (Å²) in [6.45, 7) is 7.60. The van der Waals surface area contributed by atoms with Crippen LogP contribution in [0.3, 0.4) is 0 Å². The van der Waals surface area contributed by atoms with Crippen LogP contribution < -0.4 is 5.32 Å². The molecule has 3 amide bonds. The smallest absolute Gasteiger partial charge is 0.407 e. The number of carboxylic acid groups (broad SMARTS) is 1. The molecule has 2 aliphatic rings. The van der Waals surface area contributed by atoms with Crippen molar-refractivity contribution >= 4 is 134 Å². The largest absolute Gasteiger partial charge is 0.480 e. The number of methoxy groups -OCH3 is 2. The highest BCUT2D eigenvalue weighted by atomic mass is 79.9. The van der Waals surface area contributed by atoms with E-state index in [0.29, 0.717) is 71.7 Å². The number of hydrogen-bond acceptors (Lipinski definition) is 13. The van der Waals surface area contributed by atoms with Gasteiger partial charge in [0.1, 0.15) is 18.1 Å². The fourth-order valence-corrected chi connectivity index (χ4v) is 9.44. The number of likely N-dealkylation sites (tertiary alicyclic amines) is 2.